The predicted octanol–water partition coefficient (Wildman–Crippen LogP) is 1.71. The van der Waals surface area contributed by atoms with E-state index in [-0.39, 0.29) is 5.84 Å². The first-order valence-corrected chi connectivity index (χ1v) is 7.64. The van der Waals surface area contributed by atoms with Crippen LogP contribution >= 0.6 is 0 Å². The third-order valence-corrected chi connectivity index (χ3v) is 3.26. The third kappa shape index (κ3) is 5.65. The number of amidine groups is 2. The fourth-order valence-corrected chi connectivity index (χ4v) is 1.89. The first kappa shape index (κ1) is 18.0. The van der Waals surface area contributed by atoms with Crippen LogP contribution in [0.2, 0.25) is 0 Å². The van der Waals surface area contributed by atoms with E-state index in [4.69, 9.17) is 26.4 Å². The molecular formula is C18H21N5O2. The molecule has 2 rings (SSSR count). The Bertz CT molecular complexity index is 752. The van der Waals surface area contributed by atoms with Gasteiger partial charge in [-0.2, -0.15) is 0 Å². The number of aromatic nitrogens is 1. The molecule has 1 aromatic heterocycles. The van der Waals surface area contributed by atoms with Crippen LogP contribution in [0.25, 0.3) is 0 Å². The van der Waals surface area contributed by atoms with Crippen LogP contribution in [-0.2, 0) is 0 Å². The van der Waals surface area contributed by atoms with Gasteiger partial charge in [-0.3, -0.25) is 10.4 Å². The Morgan fingerprint density at radius 3 is 2.16 bits per heavy atom. The molecule has 1 heterocycles. The Labute approximate surface area is 146 Å². The van der Waals surface area contributed by atoms with Crippen LogP contribution in [-0.4, -0.2) is 36.9 Å². The Morgan fingerprint density at radius 1 is 1.04 bits per heavy atom. The van der Waals surface area contributed by atoms with E-state index in [9.17, 15) is 0 Å². The average Bonchev–Trinajstić information content (AvgIpc) is 2.64. The van der Waals surface area contributed by atoms with Gasteiger partial charge in [0.2, 0.25) is 0 Å². The van der Waals surface area contributed by atoms with E-state index in [0.29, 0.717) is 41.8 Å². The number of nitrogens with one attached hydrogen (secondary N) is 1. The van der Waals surface area contributed by atoms with Gasteiger partial charge in [-0.1, -0.05) is 0 Å². The van der Waals surface area contributed by atoms with Crippen molar-refractivity contribution in [3.05, 3.63) is 66.0 Å². The van der Waals surface area contributed by atoms with E-state index in [1.807, 2.05) is 12.2 Å². The van der Waals surface area contributed by atoms with E-state index in [1.54, 1.807) is 49.6 Å². The van der Waals surface area contributed by atoms with Crippen molar-refractivity contribution in [2.75, 3.05) is 20.3 Å². The number of ether oxygens (including phenoxy) is 2. The minimum absolute atomic E-state index is 0.0378. The molecule has 5 N–H and O–H groups in total. The van der Waals surface area contributed by atoms with Gasteiger partial charge in [0.05, 0.1) is 6.20 Å². The number of nitrogens with zero attached hydrogens (tertiary/aromatic N) is 2. The molecule has 0 saturated heterocycles. The predicted molar refractivity (Wildman–Crippen MR) is 98.5 cm³/mol. The highest BCUT2D eigenvalue weighted by Crippen LogP contribution is 2.12. The largest absolute Gasteiger partial charge is 0.490 e. The van der Waals surface area contributed by atoms with Crippen LogP contribution in [0.15, 0.2) is 59.7 Å². The summed E-state index contributed by atoms with van der Waals surface area (Å²) in [5.74, 6) is 1.79. The van der Waals surface area contributed by atoms with E-state index in [0.717, 1.165) is 0 Å². The lowest BCUT2D eigenvalue weighted by Crippen LogP contribution is -2.14. The van der Waals surface area contributed by atoms with E-state index >= 15 is 0 Å². The fraction of sp³-hybridized carbons (Fsp3) is 0.167. The number of aliphatic imine (C=N–C) groups is 1. The molecule has 0 amide bonds. The number of hydrogen-bond donors (Lipinski definition) is 3. The second-order valence-corrected chi connectivity index (χ2v) is 5.02. The zero-order valence-electron chi connectivity index (χ0n) is 14.0. The molecular weight excluding hydrogens is 318 g/mol. The van der Waals surface area contributed by atoms with Gasteiger partial charge in [0, 0.05) is 12.6 Å². The SMILES string of the molecule is CN=C(N)c1ccc(OC/C=C/COc2ccc(C(=N)N)cc2)cn1. The maximum Gasteiger partial charge on any atom is 0.144 e. The molecule has 7 heteroatoms. The minimum atomic E-state index is 0.0378. The van der Waals surface area contributed by atoms with Crippen LogP contribution in [0.1, 0.15) is 11.3 Å². The van der Waals surface area contributed by atoms with Crippen molar-refractivity contribution in [1.29, 1.82) is 5.41 Å². The zero-order chi connectivity index (χ0) is 18.1. The Hall–Kier alpha value is -3.35. The molecule has 0 spiro atoms. The summed E-state index contributed by atoms with van der Waals surface area (Å²) in [6.45, 7) is 0.828. The van der Waals surface area contributed by atoms with Crippen molar-refractivity contribution in [2.24, 2.45) is 16.5 Å². The summed E-state index contributed by atoms with van der Waals surface area (Å²) in [6.07, 6.45) is 5.33. The number of nitrogen functional groups attached to an aromatic ring is 1. The van der Waals surface area contributed by atoms with Crippen LogP contribution in [0.5, 0.6) is 11.5 Å². The molecule has 25 heavy (non-hydrogen) atoms. The number of benzene rings is 1. The first-order chi connectivity index (χ1) is 12.1. The van der Waals surface area contributed by atoms with Gasteiger partial charge in [-0.15, -0.1) is 0 Å². The van der Waals surface area contributed by atoms with Gasteiger partial charge in [0.1, 0.15) is 42.1 Å². The molecule has 0 atom stereocenters. The second kappa shape index (κ2) is 9.07. The summed E-state index contributed by atoms with van der Waals surface area (Å²) in [5.41, 5.74) is 12.4. The normalized spacial score (nSPS) is 11.5. The topological polar surface area (TPSA) is 120 Å². The molecule has 0 saturated carbocycles. The summed E-state index contributed by atoms with van der Waals surface area (Å²) in [6, 6.07) is 10.6. The lowest BCUT2D eigenvalue weighted by Gasteiger charge is -2.05. The van der Waals surface area contributed by atoms with Crippen LogP contribution in [0.4, 0.5) is 0 Å². The van der Waals surface area contributed by atoms with E-state index in [1.165, 1.54) is 0 Å². The highest BCUT2D eigenvalue weighted by molar-refractivity contribution is 5.95. The molecule has 0 unspecified atom stereocenters. The lowest BCUT2D eigenvalue weighted by atomic mass is 10.2. The fourth-order valence-electron chi connectivity index (χ4n) is 1.89. The summed E-state index contributed by atoms with van der Waals surface area (Å²) >= 11 is 0. The molecule has 0 aliphatic heterocycles. The number of pyridine rings is 1. The van der Waals surface area contributed by atoms with Crippen molar-refractivity contribution < 1.29 is 9.47 Å². The molecule has 2 aromatic rings. The highest BCUT2D eigenvalue weighted by Gasteiger charge is 1.99. The molecule has 0 fully saturated rings. The molecule has 0 bridgehead atoms. The van der Waals surface area contributed by atoms with E-state index < -0.39 is 0 Å². The molecule has 1 aromatic carbocycles. The van der Waals surface area contributed by atoms with Gasteiger partial charge in [-0.05, 0) is 48.6 Å². The summed E-state index contributed by atoms with van der Waals surface area (Å²) < 4.78 is 11.1. The van der Waals surface area contributed by atoms with Crippen molar-refractivity contribution >= 4 is 11.7 Å². The highest BCUT2D eigenvalue weighted by atomic mass is 16.5. The summed E-state index contributed by atoms with van der Waals surface area (Å²) in [7, 11) is 1.62. The monoisotopic (exact) mass is 339 g/mol. The van der Waals surface area contributed by atoms with E-state index in [2.05, 4.69) is 9.98 Å². The van der Waals surface area contributed by atoms with Gasteiger partial charge in [0.25, 0.3) is 0 Å². The number of rotatable bonds is 8. The minimum Gasteiger partial charge on any atom is -0.490 e. The van der Waals surface area contributed by atoms with Gasteiger partial charge < -0.3 is 20.9 Å². The standard InChI is InChI=1S/C18H21N5O2/c1-22-18(21)16-9-8-15(12-23-16)25-11-3-2-10-24-14-6-4-13(5-7-14)17(19)20/h2-9,12H,10-11H2,1H3,(H3,19,20)(H2,21,22)/b3-2+. The van der Waals surface area contributed by atoms with Crippen molar-refractivity contribution in [2.45, 2.75) is 0 Å². The van der Waals surface area contributed by atoms with Crippen LogP contribution in [0.3, 0.4) is 0 Å². The van der Waals surface area contributed by atoms with Gasteiger partial charge >= 0.3 is 0 Å². The van der Waals surface area contributed by atoms with Crippen molar-refractivity contribution in [1.82, 2.24) is 4.98 Å². The van der Waals surface area contributed by atoms with Gasteiger partial charge in [0.15, 0.2) is 0 Å². The van der Waals surface area contributed by atoms with Crippen LogP contribution in [0, 0.1) is 5.41 Å². The Morgan fingerprint density at radius 2 is 1.64 bits per heavy atom. The second-order valence-electron chi connectivity index (χ2n) is 5.02. The van der Waals surface area contributed by atoms with Crippen LogP contribution < -0.4 is 20.9 Å². The molecule has 0 aliphatic rings. The molecule has 7 nitrogen and oxygen atoms in total. The Kier molecular flexibility index (Phi) is 6.53. The quantitative estimate of drug-likeness (QED) is 0.384. The maximum absolute atomic E-state index is 7.33. The molecule has 130 valence electrons. The van der Waals surface area contributed by atoms with Gasteiger partial charge in [-0.25, -0.2) is 4.98 Å². The number of hydrogen-bond acceptors (Lipinski definition) is 5. The number of nitrogens with two attached hydrogens (primary N) is 2. The molecule has 0 aliphatic carbocycles. The third-order valence-electron chi connectivity index (χ3n) is 3.26. The Balaban J connectivity index is 1.72. The van der Waals surface area contributed by atoms with Crippen molar-refractivity contribution in [3.8, 4) is 11.5 Å². The summed E-state index contributed by atoms with van der Waals surface area (Å²) in [5, 5.41) is 7.33. The molecule has 0 radical (unpaired) electrons. The first-order valence-electron chi connectivity index (χ1n) is 7.64. The maximum atomic E-state index is 7.33. The lowest BCUT2D eigenvalue weighted by molar-refractivity contribution is 0.349. The van der Waals surface area contributed by atoms with Crippen molar-refractivity contribution in [3.63, 3.8) is 0 Å². The average molecular weight is 339 g/mol. The zero-order valence-corrected chi connectivity index (χ0v) is 14.0. The summed E-state index contributed by atoms with van der Waals surface area (Å²) in [4.78, 5) is 8.04. The smallest absolute Gasteiger partial charge is 0.144 e.